The number of aliphatic hydroxyl groups is 3. The molecule has 0 bridgehead atoms. The molecule has 7 heteroatoms. The summed E-state index contributed by atoms with van der Waals surface area (Å²) in [7, 11) is 0. The second-order valence-electron chi connectivity index (χ2n) is 3.07. The Morgan fingerprint density at radius 1 is 1.50 bits per heavy atom. The Kier molecular flexibility index (Phi) is 3.64. The quantitative estimate of drug-likeness (QED) is 0.412. The van der Waals surface area contributed by atoms with Crippen LogP contribution in [0.5, 0.6) is 0 Å². The van der Waals surface area contributed by atoms with E-state index in [1.54, 1.807) is 0 Å². The Labute approximate surface area is 80.0 Å². The van der Waals surface area contributed by atoms with Gasteiger partial charge in [-0.25, -0.2) is 4.79 Å². The van der Waals surface area contributed by atoms with Crippen LogP contribution in [0, 0.1) is 0 Å². The second kappa shape index (κ2) is 4.56. The number of ether oxygens (including phenoxy) is 2. The van der Waals surface area contributed by atoms with Crippen LogP contribution >= 0.6 is 0 Å². The molecule has 14 heavy (non-hydrogen) atoms. The molecule has 1 heterocycles. The van der Waals surface area contributed by atoms with Gasteiger partial charge in [0.1, 0.15) is 12.7 Å². The number of hydrogen-bond acceptors (Lipinski definition) is 6. The van der Waals surface area contributed by atoms with Gasteiger partial charge in [0, 0.05) is 6.42 Å². The molecule has 0 aliphatic carbocycles. The van der Waals surface area contributed by atoms with Gasteiger partial charge >= 0.3 is 6.09 Å². The maximum atomic E-state index is 10.2. The average Bonchev–Trinajstić information content (AvgIpc) is 2.10. The molecule has 0 spiro atoms. The van der Waals surface area contributed by atoms with E-state index in [2.05, 4.69) is 4.74 Å². The molecule has 82 valence electrons. The van der Waals surface area contributed by atoms with Gasteiger partial charge < -0.3 is 30.5 Å². The summed E-state index contributed by atoms with van der Waals surface area (Å²) >= 11 is 0. The number of rotatable bonds is 2. The SMILES string of the molecule is NC(=O)OC[C@@H]1C[C@@H](O)[C@@H](O)[C@H](O)O1. The van der Waals surface area contributed by atoms with Crippen LogP contribution in [0.15, 0.2) is 0 Å². The van der Waals surface area contributed by atoms with Gasteiger partial charge in [-0.2, -0.15) is 0 Å². The first kappa shape index (κ1) is 11.2. The first-order chi connectivity index (χ1) is 6.50. The highest BCUT2D eigenvalue weighted by atomic mass is 16.6. The van der Waals surface area contributed by atoms with Crippen molar-refractivity contribution >= 4 is 6.09 Å². The lowest BCUT2D eigenvalue weighted by atomic mass is 10.0. The molecule has 1 saturated heterocycles. The van der Waals surface area contributed by atoms with Crippen molar-refractivity contribution < 1.29 is 29.6 Å². The van der Waals surface area contributed by atoms with E-state index in [1.807, 2.05) is 0 Å². The predicted octanol–water partition coefficient (Wildman–Crippen LogP) is -2.09. The summed E-state index contributed by atoms with van der Waals surface area (Å²) in [6.45, 7) is -0.157. The molecule has 7 nitrogen and oxygen atoms in total. The topological polar surface area (TPSA) is 122 Å². The highest BCUT2D eigenvalue weighted by Crippen LogP contribution is 2.18. The third-order valence-corrected chi connectivity index (χ3v) is 1.93. The van der Waals surface area contributed by atoms with Crippen LogP contribution in [0.2, 0.25) is 0 Å². The Hall–Kier alpha value is -0.890. The fraction of sp³-hybridized carbons (Fsp3) is 0.857. The van der Waals surface area contributed by atoms with Gasteiger partial charge in [0.2, 0.25) is 0 Å². The average molecular weight is 207 g/mol. The van der Waals surface area contributed by atoms with Crippen molar-refractivity contribution in [1.29, 1.82) is 0 Å². The van der Waals surface area contributed by atoms with E-state index in [1.165, 1.54) is 0 Å². The predicted molar refractivity (Wildman–Crippen MR) is 43.0 cm³/mol. The fourth-order valence-electron chi connectivity index (χ4n) is 1.21. The highest BCUT2D eigenvalue weighted by molar-refractivity contribution is 5.64. The summed E-state index contributed by atoms with van der Waals surface area (Å²) in [6, 6.07) is 0. The van der Waals surface area contributed by atoms with E-state index in [9.17, 15) is 9.90 Å². The Balaban J connectivity index is 2.38. The number of carbonyl (C=O) groups excluding carboxylic acids is 1. The van der Waals surface area contributed by atoms with Crippen molar-refractivity contribution in [3.05, 3.63) is 0 Å². The zero-order chi connectivity index (χ0) is 10.7. The van der Waals surface area contributed by atoms with Gasteiger partial charge in [0.25, 0.3) is 0 Å². The molecule has 1 aliphatic rings. The molecule has 1 fully saturated rings. The molecule has 4 atom stereocenters. The van der Waals surface area contributed by atoms with Gasteiger partial charge in [-0.1, -0.05) is 0 Å². The van der Waals surface area contributed by atoms with Crippen LogP contribution in [-0.2, 0) is 9.47 Å². The van der Waals surface area contributed by atoms with Crippen LogP contribution in [0.3, 0.4) is 0 Å². The van der Waals surface area contributed by atoms with Crippen LogP contribution in [0.25, 0.3) is 0 Å². The third-order valence-electron chi connectivity index (χ3n) is 1.93. The van der Waals surface area contributed by atoms with Crippen molar-refractivity contribution in [1.82, 2.24) is 0 Å². The molecule has 1 aliphatic heterocycles. The largest absolute Gasteiger partial charge is 0.447 e. The second-order valence-corrected chi connectivity index (χ2v) is 3.07. The van der Waals surface area contributed by atoms with Gasteiger partial charge in [0.15, 0.2) is 6.29 Å². The normalized spacial score (nSPS) is 37.9. The number of nitrogens with two attached hydrogens (primary N) is 1. The minimum Gasteiger partial charge on any atom is -0.447 e. The molecule has 0 aromatic heterocycles. The number of primary amides is 1. The molecular weight excluding hydrogens is 194 g/mol. The number of aliphatic hydroxyl groups excluding tert-OH is 3. The molecular formula is C7H13NO6. The van der Waals surface area contributed by atoms with Gasteiger partial charge in [-0.15, -0.1) is 0 Å². The monoisotopic (exact) mass is 207 g/mol. The Morgan fingerprint density at radius 3 is 2.64 bits per heavy atom. The molecule has 0 aromatic rings. The number of carbonyl (C=O) groups is 1. The minimum absolute atomic E-state index is 0.0749. The molecule has 1 amide bonds. The van der Waals surface area contributed by atoms with E-state index >= 15 is 0 Å². The fourth-order valence-corrected chi connectivity index (χ4v) is 1.21. The number of amides is 1. The van der Waals surface area contributed by atoms with Crippen molar-refractivity contribution in [2.45, 2.75) is 31.0 Å². The summed E-state index contributed by atoms with van der Waals surface area (Å²) in [6.07, 6.45) is -5.44. The van der Waals surface area contributed by atoms with Crippen LogP contribution in [-0.4, -0.2) is 52.6 Å². The minimum atomic E-state index is -1.47. The van der Waals surface area contributed by atoms with E-state index in [0.29, 0.717) is 0 Å². The summed E-state index contributed by atoms with van der Waals surface area (Å²) in [5.41, 5.74) is 4.72. The molecule has 0 aromatic carbocycles. The lowest BCUT2D eigenvalue weighted by Crippen LogP contribution is -2.49. The van der Waals surface area contributed by atoms with E-state index in [-0.39, 0.29) is 13.0 Å². The standard InChI is InChI=1S/C7H13NO6/c8-7(12)13-2-3-1-4(9)5(10)6(11)14-3/h3-6,9-11H,1-2H2,(H2,8,12)/t3-,4+,5+,6+/m0/s1. The molecule has 5 N–H and O–H groups in total. The third kappa shape index (κ3) is 2.81. The highest BCUT2D eigenvalue weighted by Gasteiger charge is 2.35. The van der Waals surface area contributed by atoms with E-state index < -0.39 is 30.7 Å². The smallest absolute Gasteiger partial charge is 0.404 e. The number of hydrogen-bond donors (Lipinski definition) is 4. The van der Waals surface area contributed by atoms with Gasteiger partial charge in [-0.3, -0.25) is 0 Å². The maximum absolute atomic E-state index is 10.2. The molecule has 1 rings (SSSR count). The lowest BCUT2D eigenvalue weighted by Gasteiger charge is -2.33. The van der Waals surface area contributed by atoms with Crippen LogP contribution in [0.1, 0.15) is 6.42 Å². The Bertz CT molecular complexity index is 198. The molecule has 0 radical (unpaired) electrons. The van der Waals surface area contributed by atoms with E-state index in [4.69, 9.17) is 20.7 Å². The summed E-state index contributed by atoms with van der Waals surface area (Å²) in [5, 5.41) is 27.4. The van der Waals surface area contributed by atoms with E-state index in [0.717, 1.165) is 0 Å². The molecule has 0 saturated carbocycles. The first-order valence-electron chi connectivity index (χ1n) is 4.12. The Morgan fingerprint density at radius 2 is 2.14 bits per heavy atom. The summed E-state index contributed by atoms with van der Waals surface area (Å²) in [5.74, 6) is 0. The summed E-state index contributed by atoms with van der Waals surface area (Å²) in [4.78, 5) is 10.2. The molecule has 0 unspecified atom stereocenters. The van der Waals surface area contributed by atoms with Gasteiger partial charge in [0.05, 0.1) is 12.2 Å². The zero-order valence-electron chi connectivity index (χ0n) is 7.37. The van der Waals surface area contributed by atoms with Gasteiger partial charge in [-0.05, 0) is 0 Å². The van der Waals surface area contributed by atoms with Crippen molar-refractivity contribution in [2.75, 3.05) is 6.61 Å². The maximum Gasteiger partial charge on any atom is 0.404 e. The zero-order valence-corrected chi connectivity index (χ0v) is 7.37. The van der Waals surface area contributed by atoms with Crippen LogP contribution < -0.4 is 5.73 Å². The lowest BCUT2D eigenvalue weighted by molar-refractivity contribution is -0.251. The van der Waals surface area contributed by atoms with Crippen LogP contribution in [0.4, 0.5) is 4.79 Å². The van der Waals surface area contributed by atoms with Crippen molar-refractivity contribution in [3.63, 3.8) is 0 Å². The van der Waals surface area contributed by atoms with Crippen molar-refractivity contribution in [3.8, 4) is 0 Å². The summed E-state index contributed by atoms with van der Waals surface area (Å²) < 4.78 is 9.26. The van der Waals surface area contributed by atoms with Crippen molar-refractivity contribution in [2.24, 2.45) is 5.73 Å². The first-order valence-corrected chi connectivity index (χ1v) is 4.12.